The molecule has 0 N–H and O–H groups in total. The monoisotopic (exact) mass is 666 g/mol. The third-order valence-corrected chi connectivity index (χ3v) is 12.8. The van der Waals surface area contributed by atoms with Gasteiger partial charge in [-0.15, -0.1) is 0 Å². The van der Waals surface area contributed by atoms with Gasteiger partial charge in [0.15, 0.2) is 6.79 Å². The summed E-state index contributed by atoms with van der Waals surface area (Å²) >= 11 is 0. The summed E-state index contributed by atoms with van der Waals surface area (Å²) in [6.07, 6.45) is 5.21. The fraction of sp³-hybridized carbons (Fsp3) is 0.314. The first-order valence-electron chi connectivity index (χ1n) is 14.0. The Morgan fingerprint density at radius 2 is 1.32 bits per heavy atom. The van der Waals surface area contributed by atoms with E-state index in [0.717, 1.165) is 48.9 Å². The van der Waals surface area contributed by atoms with Crippen molar-refractivity contribution in [3.8, 4) is 11.5 Å². The molecule has 1 heterocycles. The van der Waals surface area contributed by atoms with E-state index in [1.165, 1.54) is 27.0 Å². The molecule has 0 aliphatic carbocycles. The lowest BCUT2D eigenvalue weighted by atomic mass is 9.87. The molecule has 5 rings (SSSR count). The van der Waals surface area contributed by atoms with E-state index in [2.05, 4.69) is 118 Å². The van der Waals surface area contributed by atoms with Crippen LogP contribution in [0.5, 0.6) is 11.5 Å². The third-order valence-electron chi connectivity index (χ3n) is 8.26. The molecule has 0 spiro atoms. The average Bonchev–Trinajstić information content (AvgIpc) is 2.98. The van der Waals surface area contributed by atoms with Gasteiger partial charge in [0.2, 0.25) is 0 Å². The summed E-state index contributed by atoms with van der Waals surface area (Å²) in [6, 6.07) is 35.6. The van der Waals surface area contributed by atoms with E-state index in [4.69, 9.17) is 14.2 Å². The van der Waals surface area contributed by atoms with Gasteiger partial charge in [0.05, 0.1) is 6.16 Å². The molecular formula is C35H40IO3P. The first-order chi connectivity index (χ1) is 19.0. The van der Waals surface area contributed by atoms with Crippen molar-refractivity contribution in [1.82, 2.24) is 0 Å². The smallest absolute Gasteiger partial charge is 0.188 e. The van der Waals surface area contributed by atoms with Crippen LogP contribution in [0.2, 0.25) is 0 Å². The molecule has 1 aliphatic rings. The molecule has 210 valence electrons. The van der Waals surface area contributed by atoms with E-state index in [0.29, 0.717) is 0 Å². The molecule has 1 unspecified atom stereocenters. The van der Waals surface area contributed by atoms with Gasteiger partial charge in [-0.2, -0.15) is 0 Å². The van der Waals surface area contributed by atoms with Crippen LogP contribution in [0.25, 0.3) is 0 Å². The number of methoxy groups -OCH3 is 1. The molecule has 4 aromatic rings. The third kappa shape index (κ3) is 6.25. The topological polar surface area (TPSA) is 27.7 Å². The van der Waals surface area contributed by atoms with Crippen molar-refractivity contribution in [2.45, 2.75) is 52.1 Å². The molecule has 0 aromatic heterocycles. The molecule has 0 bridgehead atoms. The molecule has 0 radical (unpaired) electrons. The van der Waals surface area contributed by atoms with Crippen molar-refractivity contribution in [2.75, 3.05) is 20.1 Å². The maximum absolute atomic E-state index is 6.85. The van der Waals surface area contributed by atoms with Gasteiger partial charge in [0.1, 0.15) is 40.3 Å². The van der Waals surface area contributed by atoms with Gasteiger partial charge in [0, 0.05) is 7.11 Å². The molecule has 0 amide bonds. The lowest BCUT2D eigenvalue weighted by Crippen LogP contribution is -3.00. The predicted octanol–water partition coefficient (Wildman–Crippen LogP) is 4.15. The Balaban J connectivity index is 0.00000370. The van der Waals surface area contributed by atoms with E-state index in [-0.39, 0.29) is 36.4 Å². The number of rotatable bonds is 10. The van der Waals surface area contributed by atoms with Gasteiger partial charge in [-0.05, 0) is 106 Å². The Bertz CT molecular complexity index is 1280. The highest BCUT2D eigenvalue weighted by atomic mass is 127. The van der Waals surface area contributed by atoms with Gasteiger partial charge in [-0.25, -0.2) is 0 Å². The minimum atomic E-state index is -1.84. The van der Waals surface area contributed by atoms with Gasteiger partial charge in [-0.3, -0.25) is 0 Å². The second-order valence-corrected chi connectivity index (χ2v) is 14.5. The minimum Gasteiger partial charge on any atom is -1.00 e. The van der Waals surface area contributed by atoms with Crippen LogP contribution < -0.4 is 49.4 Å². The largest absolute Gasteiger partial charge is 1.00 e. The molecule has 3 nitrogen and oxygen atoms in total. The van der Waals surface area contributed by atoms with Gasteiger partial charge in [-0.1, -0.05) is 54.6 Å². The van der Waals surface area contributed by atoms with Crippen molar-refractivity contribution in [1.29, 1.82) is 0 Å². The Kier molecular flexibility index (Phi) is 10.3. The Hall–Kier alpha value is -2.40. The quantitative estimate of drug-likeness (QED) is 0.145. The Morgan fingerprint density at radius 3 is 1.82 bits per heavy atom. The van der Waals surface area contributed by atoms with Crippen LogP contribution in [0, 0.1) is 13.8 Å². The molecular weight excluding hydrogens is 626 g/mol. The van der Waals surface area contributed by atoms with Crippen LogP contribution in [-0.4, -0.2) is 25.7 Å². The fourth-order valence-electron chi connectivity index (χ4n) is 5.97. The normalized spacial score (nSPS) is 16.4. The number of fused-ring (bicyclic) bond motifs is 1. The highest BCUT2D eigenvalue weighted by Crippen LogP contribution is 2.56. The number of halogens is 1. The lowest BCUT2D eigenvalue weighted by molar-refractivity contribution is -0.0000158. The molecule has 0 saturated carbocycles. The Morgan fingerprint density at radius 1 is 0.800 bits per heavy atom. The highest BCUT2D eigenvalue weighted by Gasteiger charge is 2.45. The van der Waals surface area contributed by atoms with Crippen LogP contribution in [0.15, 0.2) is 97.1 Å². The van der Waals surface area contributed by atoms with Crippen molar-refractivity contribution in [3.63, 3.8) is 0 Å². The fourth-order valence-corrected chi connectivity index (χ4v) is 10.3. The summed E-state index contributed by atoms with van der Waals surface area (Å²) in [7, 11) is -0.183. The van der Waals surface area contributed by atoms with E-state index in [1.54, 1.807) is 7.11 Å². The van der Waals surface area contributed by atoms with Gasteiger partial charge >= 0.3 is 0 Å². The lowest BCUT2D eigenvalue weighted by Gasteiger charge is -2.38. The van der Waals surface area contributed by atoms with Crippen molar-refractivity contribution >= 4 is 23.2 Å². The summed E-state index contributed by atoms with van der Waals surface area (Å²) in [6.45, 7) is 6.81. The van der Waals surface area contributed by atoms with E-state index < -0.39 is 7.26 Å². The Labute approximate surface area is 257 Å². The molecule has 1 atom stereocenters. The summed E-state index contributed by atoms with van der Waals surface area (Å²) < 4.78 is 17.8. The maximum Gasteiger partial charge on any atom is 0.188 e. The van der Waals surface area contributed by atoms with Crippen LogP contribution >= 0.6 is 7.26 Å². The molecule has 4 aromatic carbocycles. The number of benzene rings is 4. The van der Waals surface area contributed by atoms with Crippen molar-refractivity contribution in [3.05, 3.63) is 114 Å². The van der Waals surface area contributed by atoms with Crippen LogP contribution in [0.1, 0.15) is 42.9 Å². The maximum atomic E-state index is 6.85. The minimum absolute atomic E-state index is 0. The molecule has 40 heavy (non-hydrogen) atoms. The first kappa shape index (κ1) is 30.6. The SMILES string of the molecule is COCOc1cc2c(c(C)c1C)OC(C)(CCC[P+](c1ccccc1)(c1ccccc1)c1ccccc1)CC2.[I-]. The zero-order valence-electron chi connectivity index (χ0n) is 24.0. The average molecular weight is 667 g/mol. The van der Waals surface area contributed by atoms with E-state index in [1.807, 2.05) is 0 Å². The van der Waals surface area contributed by atoms with Crippen LogP contribution in [-0.2, 0) is 11.2 Å². The number of ether oxygens (including phenoxy) is 3. The zero-order chi connectivity index (χ0) is 27.3. The number of aryl methyl sites for hydroxylation is 1. The van der Waals surface area contributed by atoms with Crippen molar-refractivity contribution < 1.29 is 38.2 Å². The highest BCUT2D eigenvalue weighted by molar-refractivity contribution is 7.95. The molecule has 1 aliphatic heterocycles. The van der Waals surface area contributed by atoms with Crippen LogP contribution in [0.3, 0.4) is 0 Å². The van der Waals surface area contributed by atoms with Gasteiger partial charge in [0.25, 0.3) is 0 Å². The predicted molar refractivity (Wildman–Crippen MR) is 165 cm³/mol. The number of hydrogen-bond donors (Lipinski definition) is 0. The summed E-state index contributed by atoms with van der Waals surface area (Å²) in [5, 5.41) is 4.33. The zero-order valence-corrected chi connectivity index (χ0v) is 27.1. The summed E-state index contributed by atoms with van der Waals surface area (Å²) in [5.41, 5.74) is 3.33. The van der Waals surface area contributed by atoms with Crippen LogP contribution in [0.4, 0.5) is 0 Å². The molecule has 5 heteroatoms. The number of hydrogen-bond acceptors (Lipinski definition) is 3. The van der Waals surface area contributed by atoms with E-state index in [9.17, 15) is 0 Å². The van der Waals surface area contributed by atoms with Gasteiger partial charge < -0.3 is 38.2 Å². The van der Waals surface area contributed by atoms with Crippen molar-refractivity contribution in [2.24, 2.45) is 0 Å². The summed E-state index contributed by atoms with van der Waals surface area (Å²) in [4.78, 5) is 0. The first-order valence-corrected chi connectivity index (χ1v) is 15.9. The summed E-state index contributed by atoms with van der Waals surface area (Å²) in [5.74, 6) is 1.93. The molecule has 0 saturated heterocycles. The second kappa shape index (κ2) is 13.5. The standard InChI is InChI=1S/C35H40O3P.HI/c1-27-28(2)34-29(25-33(27)37-26-36-4)21-23-35(3,38-34)22-14-24-39(30-15-8-5-9-16-30,31-17-10-6-11-18-31)32-19-12-7-13-20-32;/h5-13,15-20,25H,14,21-24,26H2,1-4H3;1H/q+1;/p-1. The molecule has 0 fully saturated rings. The second-order valence-electron chi connectivity index (χ2n) is 10.9. The van der Waals surface area contributed by atoms with E-state index >= 15 is 0 Å².